The molecule has 70 valence electrons. The number of hydrogen-bond donors (Lipinski definition) is 1. The third-order valence-electron chi connectivity index (χ3n) is 2.81. The second-order valence-corrected chi connectivity index (χ2v) is 3.77. The minimum Gasteiger partial charge on any atom is -0.388 e. The van der Waals surface area contributed by atoms with E-state index in [0.29, 0.717) is 5.92 Å². The van der Waals surface area contributed by atoms with Gasteiger partial charge in [0.15, 0.2) is 0 Å². The van der Waals surface area contributed by atoms with E-state index >= 15 is 0 Å². The van der Waals surface area contributed by atoms with Crippen molar-refractivity contribution in [3.05, 3.63) is 35.1 Å². The molecule has 2 atom stereocenters. The fourth-order valence-corrected chi connectivity index (χ4v) is 2.00. The van der Waals surface area contributed by atoms with Crippen molar-refractivity contribution in [1.29, 1.82) is 0 Å². The van der Waals surface area contributed by atoms with E-state index in [1.807, 2.05) is 0 Å². The minimum absolute atomic E-state index is 0.257. The van der Waals surface area contributed by atoms with Gasteiger partial charge in [-0.3, -0.25) is 0 Å². The van der Waals surface area contributed by atoms with Gasteiger partial charge in [-0.05, 0) is 42.0 Å². The second kappa shape index (κ2) is 3.11. The summed E-state index contributed by atoms with van der Waals surface area (Å²) in [6.45, 7) is 2.11. The molecule has 0 saturated carbocycles. The second-order valence-electron chi connectivity index (χ2n) is 3.77. The van der Waals surface area contributed by atoms with Crippen LogP contribution in [-0.4, -0.2) is 5.11 Å². The van der Waals surface area contributed by atoms with Crippen LogP contribution in [-0.2, 0) is 0 Å². The first-order chi connectivity index (χ1) is 6.18. The Hall–Kier alpha value is -0.890. The third kappa shape index (κ3) is 1.46. The average Bonchev–Trinajstić information content (AvgIpc) is 2.12. The van der Waals surface area contributed by atoms with E-state index in [-0.39, 0.29) is 5.82 Å². The molecule has 1 aromatic carbocycles. The zero-order chi connectivity index (χ0) is 9.42. The van der Waals surface area contributed by atoms with Gasteiger partial charge < -0.3 is 5.11 Å². The Bertz CT molecular complexity index is 322. The predicted octanol–water partition coefficient (Wildman–Crippen LogP) is 2.76. The van der Waals surface area contributed by atoms with Crippen LogP contribution in [0.3, 0.4) is 0 Å². The molecule has 0 bridgehead atoms. The fraction of sp³-hybridized carbons (Fsp3) is 0.455. The zero-order valence-electron chi connectivity index (χ0n) is 7.63. The predicted molar refractivity (Wildman–Crippen MR) is 49.0 cm³/mol. The number of aliphatic hydroxyl groups excluding tert-OH is 1. The Labute approximate surface area is 77.2 Å². The first kappa shape index (κ1) is 8.70. The van der Waals surface area contributed by atoms with Gasteiger partial charge in [0, 0.05) is 0 Å². The van der Waals surface area contributed by atoms with Crippen LogP contribution in [0.5, 0.6) is 0 Å². The summed E-state index contributed by atoms with van der Waals surface area (Å²) < 4.78 is 12.9. The van der Waals surface area contributed by atoms with E-state index in [4.69, 9.17) is 0 Å². The highest BCUT2D eigenvalue weighted by Crippen LogP contribution is 2.37. The van der Waals surface area contributed by atoms with Gasteiger partial charge in [-0.2, -0.15) is 0 Å². The maximum absolute atomic E-state index is 12.9. The van der Waals surface area contributed by atoms with Gasteiger partial charge in [0.05, 0.1) is 6.10 Å². The van der Waals surface area contributed by atoms with Gasteiger partial charge in [0.1, 0.15) is 5.82 Å². The molecule has 1 N–H and O–H groups in total. The molecular weight excluding hydrogens is 167 g/mol. The molecule has 0 saturated heterocycles. The lowest BCUT2D eigenvalue weighted by Crippen LogP contribution is -2.12. The number of rotatable bonds is 0. The van der Waals surface area contributed by atoms with E-state index in [9.17, 15) is 9.50 Å². The standard InChI is InChI=1S/C11H13FO/c1-7-2-5-11(13)10-6-8(12)3-4-9(7)10/h3-4,6-7,11,13H,2,5H2,1H3/t7?,11-/m0/s1. The lowest BCUT2D eigenvalue weighted by molar-refractivity contribution is 0.151. The molecule has 1 aliphatic carbocycles. The van der Waals surface area contributed by atoms with Crippen LogP contribution >= 0.6 is 0 Å². The topological polar surface area (TPSA) is 20.2 Å². The van der Waals surface area contributed by atoms with Crippen LogP contribution in [0.25, 0.3) is 0 Å². The van der Waals surface area contributed by atoms with Gasteiger partial charge in [-0.25, -0.2) is 4.39 Å². The van der Waals surface area contributed by atoms with Crippen LogP contribution in [0.2, 0.25) is 0 Å². The highest BCUT2D eigenvalue weighted by Gasteiger charge is 2.23. The largest absolute Gasteiger partial charge is 0.388 e. The molecule has 0 radical (unpaired) electrons. The summed E-state index contributed by atoms with van der Waals surface area (Å²) in [7, 11) is 0. The van der Waals surface area contributed by atoms with Gasteiger partial charge in [0.25, 0.3) is 0 Å². The lowest BCUT2D eigenvalue weighted by atomic mass is 9.82. The number of halogens is 1. The van der Waals surface area contributed by atoms with Crippen LogP contribution in [0.1, 0.15) is 42.9 Å². The van der Waals surface area contributed by atoms with Crippen molar-refractivity contribution in [2.75, 3.05) is 0 Å². The maximum Gasteiger partial charge on any atom is 0.123 e. The molecule has 0 amide bonds. The molecule has 0 fully saturated rings. The number of fused-ring (bicyclic) bond motifs is 1. The summed E-state index contributed by atoms with van der Waals surface area (Å²) in [5, 5.41) is 9.64. The Kier molecular flexibility index (Phi) is 2.08. The summed E-state index contributed by atoms with van der Waals surface area (Å²) in [5.74, 6) is 0.186. The Balaban J connectivity index is 2.50. The van der Waals surface area contributed by atoms with Crippen molar-refractivity contribution in [1.82, 2.24) is 0 Å². The van der Waals surface area contributed by atoms with E-state index in [2.05, 4.69) is 6.92 Å². The molecular formula is C11H13FO. The molecule has 13 heavy (non-hydrogen) atoms. The van der Waals surface area contributed by atoms with Gasteiger partial charge in [0.2, 0.25) is 0 Å². The first-order valence-corrected chi connectivity index (χ1v) is 4.66. The fourth-order valence-electron chi connectivity index (χ4n) is 2.00. The molecule has 1 aliphatic rings. The highest BCUT2D eigenvalue weighted by molar-refractivity contribution is 5.34. The summed E-state index contributed by atoms with van der Waals surface area (Å²) in [4.78, 5) is 0. The Morgan fingerprint density at radius 1 is 1.31 bits per heavy atom. The normalized spacial score (nSPS) is 27.0. The summed E-state index contributed by atoms with van der Waals surface area (Å²) in [6, 6.07) is 4.71. The smallest absolute Gasteiger partial charge is 0.123 e. The first-order valence-electron chi connectivity index (χ1n) is 4.66. The SMILES string of the molecule is CC1CC[C@H](O)c2cc(F)ccc21. The molecule has 1 nitrogen and oxygen atoms in total. The van der Waals surface area contributed by atoms with Gasteiger partial charge in [-0.1, -0.05) is 13.0 Å². The van der Waals surface area contributed by atoms with E-state index in [1.54, 1.807) is 6.07 Å². The number of hydrogen-bond acceptors (Lipinski definition) is 1. The maximum atomic E-state index is 12.9. The van der Waals surface area contributed by atoms with Crippen LogP contribution in [0, 0.1) is 5.82 Å². The molecule has 0 heterocycles. The van der Waals surface area contributed by atoms with Crippen molar-refractivity contribution in [2.24, 2.45) is 0 Å². The summed E-state index contributed by atoms with van der Waals surface area (Å²) in [6.07, 6.45) is 1.26. The molecule has 1 unspecified atom stereocenters. The van der Waals surface area contributed by atoms with Gasteiger partial charge >= 0.3 is 0 Å². The molecule has 0 aliphatic heterocycles. The molecule has 1 aromatic rings. The van der Waals surface area contributed by atoms with E-state index < -0.39 is 6.10 Å². The summed E-state index contributed by atoms with van der Waals surface area (Å²) in [5.41, 5.74) is 1.87. The van der Waals surface area contributed by atoms with Crippen LogP contribution < -0.4 is 0 Å². The highest BCUT2D eigenvalue weighted by atomic mass is 19.1. The monoisotopic (exact) mass is 180 g/mol. The molecule has 2 rings (SSSR count). The Morgan fingerprint density at radius 2 is 2.08 bits per heavy atom. The molecule has 0 aromatic heterocycles. The zero-order valence-corrected chi connectivity index (χ0v) is 7.63. The third-order valence-corrected chi connectivity index (χ3v) is 2.81. The molecule has 0 spiro atoms. The van der Waals surface area contributed by atoms with Crippen molar-refractivity contribution >= 4 is 0 Å². The number of benzene rings is 1. The van der Waals surface area contributed by atoms with Crippen LogP contribution in [0.4, 0.5) is 4.39 Å². The summed E-state index contributed by atoms with van der Waals surface area (Å²) >= 11 is 0. The average molecular weight is 180 g/mol. The van der Waals surface area contributed by atoms with E-state index in [1.165, 1.54) is 12.1 Å². The number of aliphatic hydroxyl groups is 1. The van der Waals surface area contributed by atoms with Crippen LogP contribution in [0.15, 0.2) is 18.2 Å². The van der Waals surface area contributed by atoms with E-state index in [0.717, 1.165) is 24.0 Å². The van der Waals surface area contributed by atoms with Crippen molar-refractivity contribution < 1.29 is 9.50 Å². The minimum atomic E-state index is -0.470. The molecule has 2 heteroatoms. The van der Waals surface area contributed by atoms with Crippen molar-refractivity contribution in [2.45, 2.75) is 31.8 Å². The van der Waals surface area contributed by atoms with Gasteiger partial charge in [-0.15, -0.1) is 0 Å². The van der Waals surface area contributed by atoms with Crippen molar-refractivity contribution in [3.63, 3.8) is 0 Å². The lowest BCUT2D eigenvalue weighted by Gasteiger charge is -2.26. The quantitative estimate of drug-likeness (QED) is 0.650. The Morgan fingerprint density at radius 3 is 2.85 bits per heavy atom. The van der Waals surface area contributed by atoms with Crippen molar-refractivity contribution in [3.8, 4) is 0 Å².